The van der Waals surface area contributed by atoms with Gasteiger partial charge in [-0.15, -0.1) is 0 Å². The minimum atomic E-state index is -0.715. The molecule has 4 rings (SSSR count). The lowest BCUT2D eigenvalue weighted by atomic mass is 9.92. The first-order chi connectivity index (χ1) is 13.0. The van der Waals surface area contributed by atoms with Crippen LogP contribution in [0.2, 0.25) is 5.02 Å². The molecule has 1 fully saturated rings. The van der Waals surface area contributed by atoms with Crippen molar-refractivity contribution >= 4 is 23.4 Å². The Kier molecular flexibility index (Phi) is 4.43. The first-order valence-electron chi connectivity index (χ1n) is 8.65. The molecule has 0 saturated carbocycles. The number of rotatable bonds is 2. The largest absolute Gasteiger partial charge is 0.497 e. The molecular weight excluding hydrogens is 372 g/mol. The van der Waals surface area contributed by atoms with Crippen LogP contribution in [0.5, 0.6) is 11.5 Å². The standard InChI is InChI=1S/C18H19ClN4O4/c1-26-11-3-4-12-14(7-11)27-18(9-20-16(12)24)5-2-6-23(10-18)17(25)15-13(19)8-21-22-15/h3-4,7-8H,2,5-6,9-10H2,1H3,(H,20,24)(H,21,22). The van der Waals surface area contributed by atoms with E-state index in [9.17, 15) is 9.59 Å². The Labute approximate surface area is 160 Å². The van der Waals surface area contributed by atoms with Crippen LogP contribution in [-0.2, 0) is 0 Å². The molecule has 1 saturated heterocycles. The van der Waals surface area contributed by atoms with E-state index < -0.39 is 5.60 Å². The summed E-state index contributed by atoms with van der Waals surface area (Å²) < 4.78 is 11.6. The third-order valence-corrected chi connectivity index (χ3v) is 5.25. The number of aromatic nitrogens is 2. The van der Waals surface area contributed by atoms with Crippen LogP contribution in [0.1, 0.15) is 33.7 Å². The Morgan fingerprint density at radius 1 is 1.44 bits per heavy atom. The van der Waals surface area contributed by atoms with Gasteiger partial charge in [-0.2, -0.15) is 5.10 Å². The number of aromatic amines is 1. The van der Waals surface area contributed by atoms with Crippen LogP contribution in [0.4, 0.5) is 0 Å². The van der Waals surface area contributed by atoms with E-state index in [2.05, 4.69) is 15.5 Å². The number of H-pyrrole nitrogens is 1. The number of fused-ring (bicyclic) bond motifs is 1. The van der Waals surface area contributed by atoms with Crippen LogP contribution in [0, 0.1) is 0 Å². The van der Waals surface area contributed by atoms with Gasteiger partial charge >= 0.3 is 0 Å². The second-order valence-electron chi connectivity index (χ2n) is 6.75. The molecule has 9 heteroatoms. The van der Waals surface area contributed by atoms with Gasteiger partial charge in [0, 0.05) is 12.6 Å². The summed E-state index contributed by atoms with van der Waals surface area (Å²) >= 11 is 6.03. The molecule has 8 nitrogen and oxygen atoms in total. The van der Waals surface area contributed by atoms with Crippen molar-refractivity contribution in [1.29, 1.82) is 0 Å². The Balaban J connectivity index is 1.63. The summed E-state index contributed by atoms with van der Waals surface area (Å²) in [6.07, 6.45) is 2.86. The van der Waals surface area contributed by atoms with Crippen LogP contribution < -0.4 is 14.8 Å². The highest BCUT2D eigenvalue weighted by molar-refractivity contribution is 6.33. The number of methoxy groups -OCH3 is 1. The molecule has 3 heterocycles. The molecule has 2 amide bonds. The minimum absolute atomic E-state index is 0.204. The maximum Gasteiger partial charge on any atom is 0.273 e. The predicted molar refractivity (Wildman–Crippen MR) is 97.4 cm³/mol. The fourth-order valence-electron chi connectivity index (χ4n) is 3.59. The van der Waals surface area contributed by atoms with Crippen molar-refractivity contribution in [3.05, 3.63) is 40.7 Å². The molecular formula is C18H19ClN4O4. The molecule has 0 radical (unpaired) electrons. The van der Waals surface area contributed by atoms with E-state index in [1.165, 1.54) is 6.20 Å². The Hall–Kier alpha value is -2.74. The number of hydrogen-bond donors (Lipinski definition) is 2. The summed E-state index contributed by atoms with van der Waals surface area (Å²) in [7, 11) is 1.56. The van der Waals surface area contributed by atoms with E-state index in [1.54, 1.807) is 30.2 Å². The molecule has 2 aromatic rings. The maximum absolute atomic E-state index is 12.8. The van der Waals surface area contributed by atoms with Gasteiger partial charge in [-0.25, -0.2) is 0 Å². The van der Waals surface area contributed by atoms with E-state index in [4.69, 9.17) is 21.1 Å². The topological polar surface area (TPSA) is 96.6 Å². The van der Waals surface area contributed by atoms with Crippen LogP contribution in [0.3, 0.4) is 0 Å². The summed E-state index contributed by atoms with van der Waals surface area (Å²) in [4.78, 5) is 26.9. The molecule has 1 aromatic heterocycles. The highest BCUT2D eigenvalue weighted by Gasteiger charge is 2.42. The third kappa shape index (κ3) is 3.21. The molecule has 2 aliphatic heterocycles. The van der Waals surface area contributed by atoms with Gasteiger partial charge in [0.2, 0.25) is 0 Å². The number of hydrogen-bond acceptors (Lipinski definition) is 5. The monoisotopic (exact) mass is 390 g/mol. The molecule has 0 bridgehead atoms. The lowest BCUT2D eigenvalue weighted by molar-refractivity contribution is -0.00118. The Morgan fingerprint density at radius 2 is 2.30 bits per heavy atom. The van der Waals surface area contributed by atoms with E-state index in [0.29, 0.717) is 43.1 Å². The second-order valence-corrected chi connectivity index (χ2v) is 7.16. The van der Waals surface area contributed by atoms with Crippen molar-refractivity contribution in [1.82, 2.24) is 20.4 Å². The number of nitrogens with zero attached hydrogens (tertiary/aromatic N) is 2. The molecule has 1 aromatic carbocycles. The van der Waals surface area contributed by atoms with E-state index in [0.717, 1.165) is 6.42 Å². The molecule has 0 aliphatic carbocycles. The number of halogens is 1. The van der Waals surface area contributed by atoms with Gasteiger partial charge in [0.05, 0.1) is 37.0 Å². The molecule has 1 spiro atoms. The first-order valence-corrected chi connectivity index (χ1v) is 9.02. The van der Waals surface area contributed by atoms with Crippen LogP contribution >= 0.6 is 11.6 Å². The van der Waals surface area contributed by atoms with Crippen LogP contribution in [0.25, 0.3) is 0 Å². The zero-order valence-electron chi connectivity index (χ0n) is 14.8. The van der Waals surface area contributed by atoms with Gasteiger partial charge in [0.25, 0.3) is 11.8 Å². The van der Waals surface area contributed by atoms with Crippen LogP contribution in [-0.4, -0.2) is 59.3 Å². The van der Waals surface area contributed by atoms with E-state index >= 15 is 0 Å². The van der Waals surface area contributed by atoms with Crippen LogP contribution in [0.15, 0.2) is 24.4 Å². The predicted octanol–water partition coefficient (Wildman–Crippen LogP) is 1.87. The smallest absolute Gasteiger partial charge is 0.273 e. The van der Waals surface area contributed by atoms with E-state index in [-0.39, 0.29) is 22.5 Å². The average Bonchev–Trinajstić information content (AvgIpc) is 3.06. The molecule has 1 unspecified atom stereocenters. The number of amides is 2. The lowest BCUT2D eigenvalue weighted by Crippen LogP contribution is -2.58. The summed E-state index contributed by atoms with van der Waals surface area (Å²) in [6, 6.07) is 5.10. The quantitative estimate of drug-likeness (QED) is 0.816. The highest BCUT2D eigenvalue weighted by atomic mass is 35.5. The van der Waals surface area contributed by atoms with Crippen molar-refractivity contribution in [3.63, 3.8) is 0 Å². The SMILES string of the molecule is COc1ccc2c(c1)OC1(CCCN(C(=O)c3[nH]ncc3Cl)C1)CNC2=O. The Morgan fingerprint density at radius 3 is 3.04 bits per heavy atom. The highest BCUT2D eigenvalue weighted by Crippen LogP contribution is 2.34. The number of ether oxygens (including phenoxy) is 2. The van der Waals surface area contributed by atoms with Crippen molar-refractivity contribution < 1.29 is 19.1 Å². The normalized spacial score (nSPS) is 21.9. The van der Waals surface area contributed by atoms with Crippen molar-refractivity contribution in [2.75, 3.05) is 26.7 Å². The number of piperidine rings is 1. The van der Waals surface area contributed by atoms with Crippen molar-refractivity contribution in [3.8, 4) is 11.5 Å². The van der Waals surface area contributed by atoms with Gasteiger partial charge in [-0.3, -0.25) is 14.7 Å². The van der Waals surface area contributed by atoms with Gasteiger partial charge in [0.1, 0.15) is 22.8 Å². The van der Waals surface area contributed by atoms with Crippen molar-refractivity contribution in [2.24, 2.45) is 0 Å². The summed E-state index contributed by atoms with van der Waals surface area (Å²) in [5.74, 6) is 0.621. The zero-order chi connectivity index (χ0) is 19.0. The summed E-state index contributed by atoms with van der Waals surface area (Å²) in [5, 5.41) is 9.65. The molecule has 1 atom stereocenters. The summed E-state index contributed by atoms with van der Waals surface area (Å²) in [5.41, 5.74) is -0.00517. The number of nitrogens with one attached hydrogen (secondary N) is 2. The van der Waals surface area contributed by atoms with Gasteiger partial charge in [0.15, 0.2) is 0 Å². The van der Waals surface area contributed by atoms with Crippen molar-refractivity contribution in [2.45, 2.75) is 18.4 Å². The fraction of sp³-hybridized carbons (Fsp3) is 0.389. The number of benzene rings is 1. The number of likely N-dealkylation sites (tertiary alicyclic amines) is 1. The second kappa shape index (κ2) is 6.77. The summed E-state index contributed by atoms with van der Waals surface area (Å²) in [6.45, 7) is 1.22. The number of carbonyl (C=O) groups is 2. The molecule has 2 N–H and O–H groups in total. The van der Waals surface area contributed by atoms with Gasteiger partial charge < -0.3 is 19.7 Å². The number of carbonyl (C=O) groups excluding carboxylic acids is 2. The molecule has 142 valence electrons. The van der Waals surface area contributed by atoms with Gasteiger partial charge in [-0.1, -0.05) is 11.6 Å². The van der Waals surface area contributed by atoms with Gasteiger partial charge in [-0.05, 0) is 25.0 Å². The van der Waals surface area contributed by atoms with E-state index in [1.807, 2.05) is 0 Å². The average molecular weight is 391 g/mol. The first kappa shape index (κ1) is 17.7. The fourth-order valence-corrected chi connectivity index (χ4v) is 3.76. The third-order valence-electron chi connectivity index (χ3n) is 4.96. The minimum Gasteiger partial charge on any atom is -0.497 e. The maximum atomic E-state index is 12.8. The zero-order valence-corrected chi connectivity index (χ0v) is 15.5. The molecule has 2 aliphatic rings. The molecule has 27 heavy (non-hydrogen) atoms. The lowest BCUT2D eigenvalue weighted by Gasteiger charge is -2.41. The Bertz CT molecular complexity index is 899.